The zero-order valence-corrected chi connectivity index (χ0v) is 15.8. The average Bonchev–Trinajstić information content (AvgIpc) is 3.03. The van der Waals surface area contributed by atoms with Crippen LogP contribution < -0.4 is 5.32 Å². The lowest BCUT2D eigenvalue weighted by Crippen LogP contribution is -2.24. The molecule has 140 valence electrons. The van der Waals surface area contributed by atoms with Gasteiger partial charge in [0.1, 0.15) is 5.82 Å². The van der Waals surface area contributed by atoms with Crippen molar-refractivity contribution >= 4 is 5.91 Å². The second-order valence-corrected chi connectivity index (χ2v) is 6.67. The molecule has 0 aliphatic carbocycles. The molecule has 1 aromatic heterocycles. The fourth-order valence-electron chi connectivity index (χ4n) is 3.25. The molecule has 0 unspecified atom stereocenters. The fourth-order valence-corrected chi connectivity index (χ4v) is 3.25. The second-order valence-electron chi connectivity index (χ2n) is 6.67. The van der Waals surface area contributed by atoms with Gasteiger partial charge in [0.2, 0.25) is 0 Å². The highest BCUT2D eigenvalue weighted by molar-refractivity contribution is 5.97. The highest BCUT2D eigenvalue weighted by Crippen LogP contribution is 2.29. The number of unbranched alkanes of at least 4 members (excludes halogenated alkanes) is 2. The number of aromatic nitrogens is 1. The monoisotopic (exact) mass is 364 g/mol. The van der Waals surface area contributed by atoms with Crippen LogP contribution in [-0.2, 0) is 0 Å². The lowest BCUT2D eigenvalue weighted by molar-refractivity contribution is 0.0952. The van der Waals surface area contributed by atoms with Gasteiger partial charge in [-0.15, -0.1) is 0 Å². The van der Waals surface area contributed by atoms with Crippen LogP contribution in [0.2, 0.25) is 0 Å². The number of hydrogen-bond acceptors (Lipinski definition) is 1. The molecule has 0 atom stereocenters. The Hall–Kier alpha value is -2.88. The van der Waals surface area contributed by atoms with Crippen molar-refractivity contribution in [3.63, 3.8) is 0 Å². The van der Waals surface area contributed by atoms with E-state index >= 15 is 0 Å². The number of benzene rings is 2. The first-order valence-corrected chi connectivity index (χ1v) is 9.43. The molecular formula is C23H25FN2O. The Balaban J connectivity index is 2.01. The molecule has 0 fully saturated rings. The van der Waals surface area contributed by atoms with E-state index in [2.05, 4.69) is 12.2 Å². The molecule has 1 N–H and O–H groups in total. The van der Waals surface area contributed by atoms with Crippen molar-refractivity contribution < 1.29 is 9.18 Å². The van der Waals surface area contributed by atoms with Gasteiger partial charge in [0.25, 0.3) is 5.91 Å². The topological polar surface area (TPSA) is 34.0 Å². The summed E-state index contributed by atoms with van der Waals surface area (Å²) < 4.78 is 15.4. The Kier molecular flexibility index (Phi) is 6.07. The van der Waals surface area contributed by atoms with E-state index in [-0.39, 0.29) is 11.7 Å². The van der Waals surface area contributed by atoms with Crippen LogP contribution >= 0.6 is 0 Å². The number of rotatable bonds is 7. The van der Waals surface area contributed by atoms with Crippen LogP contribution in [0.5, 0.6) is 0 Å². The SMILES string of the molecule is CCCCCNC(=O)c1cc(-c2ccc(F)cc2)n(-c2ccccc2)c1C. The number of hydrogen-bond donors (Lipinski definition) is 1. The van der Waals surface area contributed by atoms with E-state index in [0.717, 1.165) is 41.9 Å². The lowest BCUT2D eigenvalue weighted by Gasteiger charge is -2.12. The Bertz CT molecular complexity index is 898. The first-order valence-electron chi connectivity index (χ1n) is 9.43. The van der Waals surface area contributed by atoms with Gasteiger partial charge in [0.15, 0.2) is 0 Å². The minimum absolute atomic E-state index is 0.0679. The highest BCUT2D eigenvalue weighted by atomic mass is 19.1. The van der Waals surface area contributed by atoms with Gasteiger partial charge in [-0.25, -0.2) is 4.39 Å². The molecule has 0 spiro atoms. The molecule has 2 aromatic carbocycles. The van der Waals surface area contributed by atoms with E-state index in [9.17, 15) is 9.18 Å². The highest BCUT2D eigenvalue weighted by Gasteiger charge is 2.19. The standard InChI is InChI=1S/C23H25FN2O/c1-3-4-8-15-25-23(27)21-16-22(18-11-13-19(24)14-12-18)26(17(21)2)20-9-6-5-7-10-20/h5-7,9-14,16H,3-4,8,15H2,1-2H3,(H,25,27). The summed E-state index contributed by atoms with van der Waals surface area (Å²) in [5.74, 6) is -0.344. The molecule has 3 rings (SSSR count). The smallest absolute Gasteiger partial charge is 0.253 e. The largest absolute Gasteiger partial charge is 0.352 e. The van der Waals surface area contributed by atoms with Gasteiger partial charge in [0.05, 0.1) is 11.3 Å². The summed E-state index contributed by atoms with van der Waals surface area (Å²) >= 11 is 0. The predicted octanol–water partition coefficient (Wildman–Crippen LogP) is 5.51. The van der Waals surface area contributed by atoms with Gasteiger partial charge in [-0.3, -0.25) is 4.79 Å². The maximum atomic E-state index is 13.4. The van der Waals surface area contributed by atoms with Gasteiger partial charge in [-0.1, -0.05) is 38.0 Å². The van der Waals surface area contributed by atoms with E-state index in [1.165, 1.54) is 12.1 Å². The van der Waals surface area contributed by atoms with Crippen LogP contribution in [0.3, 0.4) is 0 Å². The van der Waals surface area contributed by atoms with Crippen molar-refractivity contribution in [2.45, 2.75) is 33.1 Å². The van der Waals surface area contributed by atoms with E-state index in [0.29, 0.717) is 12.1 Å². The minimum atomic E-state index is -0.276. The summed E-state index contributed by atoms with van der Waals surface area (Å²) in [5, 5.41) is 3.01. The normalized spacial score (nSPS) is 10.8. The molecule has 3 nitrogen and oxygen atoms in total. The second kappa shape index (κ2) is 8.67. The van der Waals surface area contributed by atoms with E-state index < -0.39 is 0 Å². The summed E-state index contributed by atoms with van der Waals surface area (Å²) in [6.07, 6.45) is 3.20. The Morgan fingerprint density at radius 3 is 2.41 bits per heavy atom. The molecule has 27 heavy (non-hydrogen) atoms. The molecular weight excluding hydrogens is 339 g/mol. The van der Waals surface area contributed by atoms with Crippen molar-refractivity contribution in [1.29, 1.82) is 0 Å². The summed E-state index contributed by atoms with van der Waals surface area (Å²) in [6.45, 7) is 4.76. The molecule has 1 amide bonds. The van der Waals surface area contributed by atoms with E-state index in [1.807, 2.05) is 47.9 Å². The number of carbonyl (C=O) groups excluding carboxylic acids is 1. The molecule has 0 saturated heterocycles. The zero-order chi connectivity index (χ0) is 19.2. The number of amides is 1. The minimum Gasteiger partial charge on any atom is -0.352 e. The Morgan fingerprint density at radius 2 is 1.74 bits per heavy atom. The quantitative estimate of drug-likeness (QED) is 0.551. The maximum Gasteiger partial charge on any atom is 0.253 e. The summed E-state index contributed by atoms with van der Waals surface area (Å²) in [5.41, 5.74) is 4.23. The van der Waals surface area contributed by atoms with Gasteiger partial charge in [-0.2, -0.15) is 0 Å². The van der Waals surface area contributed by atoms with Gasteiger partial charge < -0.3 is 9.88 Å². The van der Waals surface area contributed by atoms with Gasteiger partial charge >= 0.3 is 0 Å². The molecule has 0 radical (unpaired) electrons. The first-order chi connectivity index (χ1) is 13.1. The predicted molar refractivity (Wildman–Crippen MR) is 108 cm³/mol. The van der Waals surface area contributed by atoms with Crippen LogP contribution in [0.4, 0.5) is 4.39 Å². The molecule has 0 bridgehead atoms. The summed E-state index contributed by atoms with van der Waals surface area (Å²) in [4.78, 5) is 12.7. The molecule has 3 aromatic rings. The lowest BCUT2D eigenvalue weighted by atomic mass is 10.1. The van der Waals surface area contributed by atoms with Crippen molar-refractivity contribution in [3.05, 3.63) is 77.7 Å². The van der Waals surface area contributed by atoms with E-state index in [1.54, 1.807) is 12.1 Å². The average molecular weight is 364 g/mol. The van der Waals surface area contributed by atoms with Crippen LogP contribution in [0.25, 0.3) is 16.9 Å². The Labute approximate surface area is 159 Å². The van der Waals surface area contributed by atoms with Crippen LogP contribution in [0.1, 0.15) is 42.2 Å². The van der Waals surface area contributed by atoms with Crippen LogP contribution in [0, 0.1) is 12.7 Å². The number of nitrogens with zero attached hydrogens (tertiary/aromatic N) is 1. The van der Waals surface area contributed by atoms with Gasteiger partial charge in [0, 0.05) is 17.9 Å². The molecule has 0 saturated carbocycles. The van der Waals surface area contributed by atoms with Crippen LogP contribution in [-0.4, -0.2) is 17.0 Å². The van der Waals surface area contributed by atoms with E-state index in [4.69, 9.17) is 0 Å². The van der Waals surface area contributed by atoms with Crippen molar-refractivity contribution in [2.24, 2.45) is 0 Å². The number of halogens is 1. The molecule has 0 aliphatic heterocycles. The van der Waals surface area contributed by atoms with Gasteiger partial charge in [-0.05, 0) is 61.4 Å². The maximum absolute atomic E-state index is 13.4. The number of para-hydroxylation sites is 1. The molecule has 4 heteroatoms. The first kappa shape index (κ1) is 18.9. The van der Waals surface area contributed by atoms with Crippen molar-refractivity contribution in [3.8, 4) is 16.9 Å². The van der Waals surface area contributed by atoms with Crippen molar-refractivity contribution in [1.82, 2.24) is 9.88 Å². The zero-order valence-electron chi connectivity index (χ0n) is 15.8. The molecule has 0 aliphatic rings. The van der Waals surface area contributed by atoms with Crippen LogP contribution in [0.15, 0.2) is 60.7 Å². The number of nitrogens with one attached hydrogen (secondary N) is 1. The fraction of sp³-hybridized carbons (Fsp3) is 0.261. The third-order valence-electron chi connectivity index (χ3n) is 4.71. The van der Waals surface area contributed by atoms with Crippen molar-refractivity contribution in [2.75, 3.05) is 6.54 Å². The Morgan fingerprint density at radius 1 is 1.04 bits per heavy atom. The third kappa shape index (κ3) is 4.27. The molecule has 1 heterocycles. The summed E-state index contributed by atoms with van der Waals surface area (Å²) in [6, 6.07) is 18.2. The summed E-state index contributed by atoms with van der Waals surface area (Å²) in [7, 11) is 0. The number of carbonyl (C=O) groups is 1. The third-order valence-corrected chi connectivity index (χ3v) is 4.71.